The van der Waals surface area contributed by atoms with Crippen LogP contribution in [0.15, 0.2) is 17.5 Å². The zero-order valence-electron chi connectivity index (χ0n) is 11.9. The summed E-state index contributed by atoms with van der Waals surface area (Å²) in [4.78, 5) is 24.0. The van der Waals surface area contributed by atoms with Gasteiger partial charge in [0.25, 0.3) is 5.91 Å². The minimum absolute atomic E-state index is 0. The number of carbonyl (C=O) groups excluding carboxylic acids is 2. The van der Waals surface area contributed by atoms with Crippen LogP contribution in [0.25, 0.3) is 0 Å². The molecule has 2 heterocycles. The molecule has 2 amide bonds. The van der Waals surface area contributed by atoms with Crippen molar-refractivity contribution in [3.05, 3.63) is 22.4 Å². The average Bonchev–Trinajstić information content (AvgIpc) is 3.13. The minimum Gasteiger partial charge on any atom is -0.354 e. The number of hydrogen-bond acceptors (Lipinski definition) is 4. The fraction of sp³-hybridized carbons (Fsp3) is 0.571. The second-order valence-electron chi connectivity index (χ2n) is 4.98. The summed E-state index contributed by atoms with van der Waals surface area (Å²) in [6, 6.07) is 3.63. The molecule has 0 spiro atoms. The normalized spacial score (nSPS) is 17.0. The van der Waals surface area contributed by atoms with E-state index in [-0.39, 0.29) is 24.2 Å². The van der Waals surface area contributed by atoms with Crippen LogP contribution in [0, 0.1) is 5.92 Å². The number of hydrogen-bond donors (Lipinski definition) is 3. The maximum Gasteiger partial charge on any atom is 0.261 e. The molecule has 1 aromatic rings. The number of halogens is 1. The van der Waals surface area contributed by atoms with E-state index in [4.69, 9.17) is 0 Å². The van der Waals surface area contributed by atoms with Crippen molar-refractivity contribution in [2.24, 2.45) is 5.92 Å². The molecule has 1 aromatic heterocycles. The van der Waals surface area contributed by atoms with Crippen LogP contribution < -0.4 is 16.0 Å². The number of nitrogens with one attached hydrogen (secondary N) is 3. The number of rotatable bonds is 7. The van der Waals surface area contributed by atoms with Crippen LogP contribution in [0.2, 0.25) is 0 Å². The van der Waals surface area contributed by atoms with Gasteiger partial charge in [-0.25, -0.2) is 0 Å². The lowest BCUT2D eigenvalue weighted by molar-refractivity contribution is -0.121. The Kier molecular flexibility index (Phi) is 8.34. The predicted octanol–water partition coefficient (Wildman–Crippen LogP) is 1.41. The smallest absolute Gasteiger partial charge is 0.261 e. The van der Waals surface area contributed by atoms with E-state index in [9.17, 15) is 9.59 Å². The second-order valence-corrected chi connectivity index (χ2v) is 5.93. The molecule has 1 aliphatic rings. The van der Waals surface area contributed by atoms with Gasteiger partial charge >= 0.3 is 0 Å². The van der Waals surface area contributed by atoms with E-state index in [1.165, 1.54) is 17.8 Å². The lowest BCUT2D eigenvalue weighted by Crippen LogP contribution is -2.34. The molecule has 1 fully saturated rings. The lowest BCUT2D eigenvalue weighted by Gasteiger charge is -2.09. The second kappa shape index (κ2) is 9.76. The molecule has 1 saturated heterocycles. The Bertz CT molecular complexity index is 433. The molecule has 0 radical (unpaired) electrons. The third kappa shape index (κ3) is 6.46. The fourth-order valence-electron chi connectivity index (χ4n) is 2.26. The van der Waals surface area contributed by atoms with Gasteiger partial charge in [-0.3, -0.25) is 9.59 Å². The van der Waals surface area contributed by atoms with E-state index in [0.717, 1.165) is 19.5 Å². The molecule has 5 nitrogen and oxygen atoms in total. The Labute approximate surface area is 135 Å². The van der Waals surface area contributed by atoms with Crippen LogP contribution >= 0.6 is 23.7 Å². The van der Waals surface area contributed by atoms with Crippen LogP contribution in [0.4, 0.5) is 0 Å². The van der Waals surface area contributed by atoms with Gasteiger partial charge in [0, 0.05) is 19.5 Å². The Morgan fingerprint density at radius 3 is 2.81 bits per heavy atom. The topological polar surface area (TPSA) is 70.2 Å². The Hall–Kier alpha value is -1.11. The largest absolute Gasteiger partial charge is 0.354 e. The summed E-state index contributed by atoms with van der Waals surface area (Å²) in [6.45, 7) is 3.05. The first-order chi connectivity index (χ1) is 9.75. The number of thiophene rings is 1. The van der Waals surface area contributed by atoms with E-state index in [0.29, 0.717) is 30.3 Å². The first-order valence-electron chi connectivity index (χ1n) is 7.05. The Morgan fingerprint density at radius 1 is 1.33 bits per heavy atom. The van der Waals surface area contributed by atoms with Gasteiger partial charge in [-0.05, 0) is 43.3 Å². The van der Waals surface area contributed by atoms with Crippen molar-refractivity contribution >= 4 is 35.6 Å². The maximum atomic E-state index is 11.6. The number of carbonyl (C=O) groups is 2. The molecule has 1 aliphatic heterocycles. The van der Waals surface area contributed by atoms with Gasteiger partial charge < -0.3 is 16.0 Å². The average molecular weight is 332 g/mol. The highest BCUT2D eigenvalue weighted by molar-refractivity contribution is 7.12. The van der Waals surface area contributed by atoms with E-state index in [2.05, 4.69) is 16.0 Å². The SMILES string of the molecule is Cl.O=C(CCC1CCNC1)NCCNC(=O)c1cccs1. The van der Waals surface area contributed by atoms with Gasteiger partial charge in [0.2, 0.25) is 5.91 Å². The molecule has 118 valence electrons. The summed E-state index contributed by atoms with van der Waals surface area (Å²) in [7, 11) is 0. The van der Waals surface area contributed by atoms with E-state index >= 15 is 0 Å². The molecule has 0 bridgehead atoms. The van der Waals surface area contributed by atoms with Gasteiger partial charge in [0.1, 0.15) is 0 Å². The third-order valence-electron chi connectivity index (χ3n) is 3.42. The molecule has 1 unspecified atom stereocenters. The molecule has 0 saturated carbocycles. The summed E-state index contributed by atoms with van der Waals surface area (Å²) in [5, 5.41) is 10.8. The standard InChI is InChI=1S/C14H21N3O2S.ClH/c18-13(4-3-11-5-6-15-10-11)16-7-8-17-14(19)12-2-1-9-20-12;/h1-2,9,11,15H,3-8,10H2,(H,16,18)(H,17,19);1H. The van der Waals surface area contributed by atoms with E-state index in [1.54, 1.807) is 6.07 Å². The first-order valence-corrected chi connectivity index (χ1v) is 7.93. The molecule has 2 rings (SSSR count). The van der Waals surface area contributed by atoms with Crippen molar-refractivity contribution in [3.63, 3.8) is 0 Å². The highest BCUT2D eigenvalue weighted by Crippen LogP contribution is 2.13. The van der Waals surface area contributed by atoms with Crippen molar-refractivity contribution in [3.8, 4) is 0 Å². The summed E-state index contributed by atoms with van der Waals surface area (Å²) in [6.07, 6.45) is 2.69. The summed E-state index contributed by atoms with van der Waals surface area (Å²) >= 11 is 1.41. The number of amides is 2. The van der Waals surface area contributed by atoms with Crippen molar-refractivity contribution in [1.29, 1.82) is 0 Å². The van der Waals surface area contributed by atoms with Crippen LogP contribution in [0.5, 0.6) is 0 Å². The molecular formula is C14H22ClN3O2S. The van der Waals surface area contributed by atoms with Crippen molar-refractivity contribution in [2.75, 3.05) is 26.2 Å². The molecule has 1 atom stereocenters. The highest BCUT2D eigenvalue weighted by atomic mass is 35.5. The Balaban J connectivity index is 0.00000220. The van der Waals surface area contributed by atoms with Gasteiger partial charge in [0.05, 0.1) is 4.88 Å². The molecular weight excluding hydrogens is 310 g/mol. The zero-order valence-corrected chi connectivity index (χ0v) is 13.5. The molecule has 7 heteroatoms. The van der Waals surface area contributed by atoms with Crippen molar-refractivity contribution in [2.45, 2.75) is 19.3 Å². The molecule has 21 heavy (non-hydrogen) atoms. The monoisotopic (exact) mass is 331 g/mol. The fourth-order valence-corrected chi connectivity index (χ4v) is 2.90. The van der Waals surface area contributed by atoms with Crippen LogP contribution in [0.1, 0.15) is 28.9 Å². The lowest BCUT2D eigenvalue weighted by atomic mass is 10.0. The van der Waals surface area contributed by atoms with Gasteiger partial charge in [0.15, 0.2) is 0 Å². The van der Waals surface area contributed by atoms with E-state index in [1.807, 2.05) is 11.4 Å². The van der Waals surface area contributed by atoms with Crippen molar-refractivity contribution < 1.29 is 9.59 Å². The minimum atomic E-state index is -0.0775. The highest BCUT2D eigenvalue weighted by Gasteiger charge is 2.15. The summed E-state index contributed by atoms with van der Waals surface area (Å²) in [5.74, 6) is 0.632. The van der Waals surface area contributed by atoms with Crippen molar-refractivity contribution in [1.82, 2.24) is 16.0 Å². The maximum absolute atomic E-state index is 11.6. The van der Waals surface area contributed by atoms with Crippen LogP contribution in [-0.4, -0.2) is 38.0 Å². The van der Waals surface area contributed by atoms with Gasteiger partial charge in [-0.15, -0.1) is 23.7 Å². The van der Waals surface area contributed by atoms with Crippen LogP contribution in [-0.2, 0) is 4.79 Å². The van der Waals surface area contributed by atoms with Gasteiger partial charge in [-0.2, -0.15) is 0 Å². The first kappa shape index (κ1) is 17.9. The molecule has 0 aromatic carbocycles. The summed E-state index contributed by atoms with van der Waals surface area (Å²) in [5.41, 5.74) is 0. The quantitative estimate of drug-likeness (QED) is 0.662. The Morgan fingerprint density at radius 2 is 2.14 bits per heavy atom. The van der Waals surface area contributed by atoms with Crippen LogP contribution in [0.3, 0.4) is 0 Å². The predicted molar refractivity (Wildman–Crippen MR) is 87.1 cm³/mol. The molecule has 0 aliphatic carbocycles. The summed E-state index contributed by atoms with van der Waals surface area (Å²) < 4.78 is 0. The van der Waals surface area contributed by atoms with Gasteiger partial charge in [-0.1, -0.05) is 6.07 Å². The molecule has 3 N–H and O–H groups in total. The zero-order chi connectivity index (χ0) is 14.2. The van der Waals surface area contributed by atoms with E-state index < -0.39 is 0 Å². The third-order valence-corrected chi connectivity index (χ3v) is 4.29.